The number of carbonyl (C=O) groups is 2. The van der Waals surface area contributed by atoms with E-state index >= 15 is 0 Å². The summed E-state index contributed by atoms with van der Waals surface area (Å²) in [6, 6.07) is 2.60. The second-order valence-electron chi connectivity index (χ2n) is 4.84. The number of furan rings is 1. The molecule has 1 aliphatic rings. The maximum atomic E-state index is 12.4. The Hall–Kier alpha value is -1.63. The molecule has 20 heavy (non-hydrogen) atoms. The van der Waals surface area contributed by atoms with Crippen LogP contribution in [0.5, 0.6) is 0 Å². The number of urea groups is 1. The van der Waals surface area contributed by atoms with Crippen LogP contribution in [0.2, 0.25) is 0 Å². The average molecular weight is 298 g/mol. The van der Waals surface area contributed by atoms with Crippen molar-refractivity contribution in [2.45, 2.75) is 31.8 Å². The highest BCUT2D eigenvalue weighted by Gasteiger charge is 2.40. The van der Waals surface area contributed by atoms with Crippen molar-refractivity contribution in [2.24, 2.45) is 0 Å². The lowest BCUT2D eigenvalue weighted by Gasteiger charge is -2.29. The quantitative estimate of drug-likeness (QED) is 0.923. The Morgan fingerprint density at radius 3 is 2.80 bits per heavy atom. The van der Waals surface area contributed by atoms with Crippen molar-refractivity contribution < 1.29 is 19.1 Å². The van der Waals surface area contributed by atoms with Crippen LogP contribution in [-0.4, -0.2) is 51.1 Å². The highest BCUT2D eigenvalue weighted by atomic mass is 32.2. The summed E-state index contributed by atoms with van der Waals surface area (Å²) in [6.45, 7) is 4.01. The van der Waals surface area contributed by atoms with E-state index in [1.54, 1.807) is 7.05 Å². The van der Waals surface area contributed by atoms with Gasteiger partial charge >= 0.3 is 12.0 Å². The van der Waals surface area contributed by atoms with Crippen molar-refractivity contribution >= 4 is 23.8 Å². The van der Waals surface area contributed by atoms with E-state index in [1.807, 2.05) is 26.0 Å². The lowest BCUT2D eigenvalue weighted by atomic mass is 10.3. The molecule has 1 fully saturated rings. The fourth-order valence-corrected chi connectivity index (χ4v) is 3.35. The van der Waals surface area contributed by atoms with Crippen molar-refractivity contribution in [1.29, 1.82) is 0 Å². The number of carboxylic acids is 1. The number of amides is 2. The Bertz CT molecular complexity index is 516. The van der Waals surface area contributed by atoms with E-state index in [0.717, 1.165) is 5.76 Å². The first-order valence-corrected chi connectivity index (χ1v) is 7.38. The molecule has 1 aromatic heterocycles. The van der Waals surface area contributed by atoms with Gasteiger partial charge in [-0.05, 0) is 26.0 Å². The van der Waals surface area contributed by atoms with Crippen LogP contribution in [-0.2, 0) is 11.3 Å². The Kier molecular flexibility index (Phi) is 4.27. The van der Waals surface area contributed by atoms with E-state index in [1.165, 1.54) is 21.6 Å². The third-order valence-corrected chi connectivity index (χ3v) is 4.46. The average Bonchev–Trinajstić information content (AvgIpc) is 2.94. The molecule has 7 heteroatoms. The fraction of sp³-hybridized carbons (Fsp3) is 0.538. The first-order valence-electron chi connectivity index (χ1n) is 6.33. The third kappa shape index (κ3) is 2.92. The first-order chi connectivity index (χ1) is 9.40. The monoisotopic (exact) mass is 298 g/mol. The molecule has 1 saturated heterocycles. The van der Waals surface area contributed by atoms with Gasteiger partial charge < -0.3 is 14.4 Å². The summed E-state index contributed by atoms with van der Waals surface area (Å²) in [7, 11) is 1.65. The van der Waals surface area contributed by atoms with Crippen LogP contribution in [0.15, 0.2) is 16.5 Å². The van der Waals surface area contributed by atoms with Gasteiger partial charge in [-0.3, -0.25) is 4.90 Å². The van der Waals surface area contributed by atoms with Gasteiger partial charge in [0.1, 0.15) is 17.6 Å². The molecule has 0 spiro atoms. The van der Waals surface area contributed by atoms with Crippen molar-refractivity contribution in [3.63, 3.8) is 0 Å². The lowest BCUT2D eigenvalue weighted by molar-refractivity contribution is -0.141. The molecule has 2 unspecified atom stereocenters. The van der Waals surface area contributed by atoms with Crippen molar-refractivity contribution in [2.75, 3.05) is 12.8 Å². The van der Waals surface area contributed by atoms with Gasteiger partial charge in [0.05, 0.1) is 11.9 Å². The highest BCUT2D eigenvalue weighted by molar-refractivity contribution is 8.00. The predicted octanol–water partition coefficient (Wildman–Crippen LogP) is 1.99. The minimum atomic E-state index is -0.961. The molecule has 2 heterocycles. The van der Waals surface area contributed by atoms with E-state index in [2.05, 4.69) is 0 Å². The first kappa shape index (κ1) is 14.8. The number of carboxylic acid groups (broad SMARTS) is 1. The number of nitrogens with zero attached hydrogens (tertiary/aromatic N) is 2. The summed E-state index contributed by atoms with van der Waals surface area (Å²) in [5.74, 6) is 0.937. The summed E-state index contributed by atoms with van der Waals surface area (Å²) in [5, 5.41) is 9.05. The van der Waals surface area contributed by atoms with Crippen LogP contribution >= 0.6 is 11.8 Å². The molecule has 2 amide bonds. The zero-order valence-corrected chi connectivity index (χ0v) is 12.5. The number of hydrogen-bond donors (Lipinski definition) is 1. The number of hydrogen-bond acceptors (Lipinski definition) is 4. The second-order valence-corrected chi connectivity index (χ2v) is 6.19. The fourth-order valence-electron chi connectivity index (χ4n) is 2.19. The van der Waals surface area contributed by atoms with Gasteiger partial charge in [-0.2, -0.15) is 0 Å². The Balaban J connectivity index is 2.07. The minimum absolute atomic E-state index is 0.135. The topological polar surface area (TPSA) is 74.0 Å². The van der Waals surface area contributed by atoms with E-state index in [9.17, 15) is 14.7 Å². The zero-order valence-electron chi connectivity index (χ0n) is 11.7. The summed E-state index contributed by atoms with van der Waals surface area (Å²) in [6.07, 6.45) is 0. The van der Waals surface area contributed by atoms with Gasteiger partial charge in [0.15, 0.2) is 0 Å². The number of rotatable bonds is 3. The van der Waals surface area contributed by atoms with E-state index in [0.29, 0.717) is 18.1 Å². The normalized spacial score (nSPS) is 22.1. The number of thioether (sulfide) groups is 1. The number of aryl methyl sites for hydroxylation is 1. The molecular weight excluding hydrogens is 280 g/mol. The summed E-state index contributed by atoms with van der Waals surface area (Å²) in [5.41, 5.74) is 0. The molecule has 6 nitrogen and oxygen atoms in total. The standard InChI is InChI=1S/C13H18N2O4S/c1-8-4-5-10(19-8)6-14(3)13(18)15-9(2)20-7-11(15)12(16)17/h4-5,9,11H,6-7H2,1-3H3,(H,16,17). The molecule has 2 rings (SSSR count). The van der Waals surface area contributed by atoms with Crippen molar-refractivity contribution in [1.82, 2.24) is 9.80 Å². The lowest BCUT2D eigenvalue weighted by Crippen LogP contribution is -2.49. The molecule has 1 N–H and O–H groups in total. The zero-order chi connectivity index (χ0) is 14.9. The number of carbonyl (C=O) groups excluding carboxylic acids is 1. The summed E-state index contributed by atoms with van der Waals surface area (Å²) >= 11 is 1.47. The molecular formula is C13H18N2O4S. The third-order valence-electron chi connectivity index (χ3n) is 3.24. The van der Waals surface area contributed by atoms with Crippen molar-refractivity contribution in [3.05, 3.63) is 23.7 Å². The highest BCUT2D eigenvalue weighted by Crippen LogP contribution is 2.30. The molecule has 1 aliphatic heterocycles. The summed E-state index contributed by atoms with van der Waals surface area (Å²) < 4.78 is 5.43. The Labute approximate surface area is 121 Å². The predicted molar refractivity (Wildman–Crippen MR) is 75.5 cm³/mol. The molecule has 0 radical (unpaired) electrons. The maximum Gasteiger partial charge on any atom is 0.327 e. The Morgan fingerprint density at radius 1 is 1.55 bits per heavy atom. The molecule has 0 saturated carbocycles. The van der Waals surface area contributed by atoms with Crippen LogP contribution in [0, 0.1) is 6.92 Å². The van der Waals surface area contributed by atoms with Gasteiger partial charge in [-0.15, -0.1) is 11.8 Å². The number of aliphatic carboxylic acids is 1. The molecule has 1 aromatic rings. The van der Waals surface area contributed by atoms with Crippen LogP contribution in [0.3, 0.4) is 0 Å². The van der Waals surface area contributed by atoms with E-state index in [-0.39, 0.29) is 11.4 Å². The van der Waals surface area contributed by atoms with Gasteiger partial charge in [0, 0.05) is 12.8 Å². The maximum absolute atomic E-state index is 12.4. The second kappa shape index (κ2) is 5.78. The molecule has 2 atom stereocenters. The van der Waals surface area contributed by atoms with Crippen molar-refractivity contribution in [3.8, 4) is 0 Å². The summed E-state index contributed by atoms with van der Waals surface area (Å²) in [4.78, 5) is 26.5. The van der Waals surface area contributed by atoms with E-state index < -0.39 is 12.0 Å². The van der Waals surface area contributed by atoms with Gasteiger partial charge in [-0.1, -0.05) is 0 Å². The largest absolute Gasteiger partial charge is 0.480 e. The smallest absolute Gasteiger partial charge is 0.327 e. The van der Waals surface area contributed by atoms with Crippen LogP contribution in [0.25, 0.3) is 0 Å². The van der Waals surface area contributed by atoms with E-state index in [4.69, 9.17) is 4.42 Å². The van der Waals surface area contributed by atoms with Gasteiger partial charge in [0.2, 0.25) is 0 Å². The van der Waals surface area contributed by atoms with Crippen LogP contribution in [0.4, 0.5) is 4.79 Å². The van der Waals surface area contributed by atoms with Crippen LogP contribution in [0.1, 0.15) is 18.4 Å². The molecule has 110 valence electrons. The van der Waals surface area contributed by atoms with Crippen LogP contribution < -0.4 is 0 Å². The van der Waals surface area contributed by atoms with Gasteiger partial charge in [-0.25, -0.2) is 9.59 Å². The molecule has 0 bridgehead atoms. The van der Waals surface area contributed by atoms with Gasteiger partial charge in [0.25, 0.3) is 0 Å². The molecule has 0 aliphatic carbocycles. The SMILES string of the molecule is Cc1ccc(CN(C)C(=O)N2C(C)SCC2C(=O)O)o1. The molecule has 0 aromatic carbocycles. The minimum Gasteiger partial charge on any atom is -0.480 e. The Morgan fingerprint density at radius 2 is 2.25 bits per heavy atom.